The summed E-state index contributed by atoms with van der Waals surface area (Å²) in [6, 6.07) is 12.3. The van der Waals surface area contributed by atoms with Gasteiger partial charge < -0.3 is 10.1 Å². The van der Waals surface area contributed by atoms with Crippen LogP contribution < -0.4 is 10.1 Å². The van der Waals surface area contributed by atoms with Crippen molar-refractivity contribution in [3.05, 3.63) is 52.2 Å². The van der Waals surface area contributed by atoms with Gasteiger partial charge in [-0.05, 0) is 47.9 Å². The number of hydrogen-bond donors (Lipinski definition) is 1. The molecule has 1 aromatic heterocycles. The Balaban J connectivity index is 1.43. The van der Waals surface area contributed by atoms with Crippen molar-refractivity contribution in [3.63, 3.8) is 0 Å². The monoisotopic (exact) mass is 329 g/mol. The maximum Gasteiger partial charge on any atom is 0.258 e. The molecular formula is C19H23NO2S. The molecule has 3 rings (SSSR count). The van der Waals surface area contributed by atoms with E-state index in [2.05, 4.69) is 17.4 Å². The molecule has 1 saturated carbocycles. The molecule has 0 atom stereocenters. The van der Waals surface area contributed by atoms with Gasteiger partial charge in [0.1, 0.15) is 5.75 Å². The molecule has 4 heteroatoms. The number of amides is 1. The van der Waals surface area contributed by atoms with Gasteiger partial charge in [0.25, 0.3) is 5.91 Å². The van der Waals surface area contributed by atoms with Crippen molar-refractivity contribution in [3.8, 4) is 5.75 Å². The minimum Gasteiger partial charge on any atom is -0.484 e. The maximum absolute atomic E-state index is 11.8. The molecule has 1 heterocycles. The molecule has 122 valence electrons. The Morgan fingerprint density at radius 1 is 1.13 bits per heavy atom. The standard InChI is InChI=1S/C19H23NO2S/c21-19(20-13-18-7-4-12-23-18)14-22-17-10-8-16(9-11-17)15-5-2-1-3-6-15/h4,7-12,15H,1-3,5-6,13-14H2,(H,20,21). The highest BCUT2D eigenvalue weighted by Gasteiger charge is 2.15. The lowest BCUT2D eigenvalue weighted by Gasteiger charge is -2.22. The number of hydrogen-bond acceptors (Lipinski definition) is 3. The number of thiophene rings is 1. The first kappa shape index (κ1) is 16.1. The van der Waals surface area contributed by atoms with E-state index < -0.39 is 0 Å². The van der Waals surface area contributed by atoms with Gasteiger partial charge in [0.2, 0.25) is 0 Å². The van der Waals surface area contributed by atoms with Crippen molar-refractivity contribution in [2.75, 3.05) is 6.61 Å². The van der Waals surface area contributed by atoms with Gasteiger partial charge >= 0.3 is 0 Å². The minimum atomic E-state index is -0.0882. The topological polar surface area (TPSA) is 38.3 Å². The van der Waals surface area contributed by atoms with Crippen LogP contribution in [0.2, 0.25) is 0 Å². The van der Waals surface area contributed by atoms with Crippen molar-refractivity contribution in [2.24, 2.45) is 0 Å². The van der Waals surface area contributed by atoms with E-state index in [1.54, 1.807) is 11.3 Å². The molecule has 0 bridgehead atoms. The third-order valence-electron chi connectivity index (χ3n) is 4.37. The van der Waals surface area contributed by atoms with Crippen molar-refractivity contribution in [1.29, 1.82) is 0 Å². The third-order valence-corrected chi connectivity index (χ3v) is 5.24. The van der Waals surface area contributed by atoms with E-state index >= 15 is 0 Å². The predicted molar refractivity (Wildman–Crippen MR) is 93.9 cm³/mol. The highest BCUT2D eigenvalue weighted by molar-refractivity contribution is 7.09. The summed E-state index contributed by atoms with van der Waals surface area (Å²) in [7, 11) is 0. The Bertz CT molecular complexity index is 601. The summed E-state index contributed by atoms with van der Waals surface area (Å²) in [5, 5.41) is 4.87. The van der Waals surface area contributed by atoms with Crippen LogP contribution >= 0.6 is 11.3 Å². The van der Waals surface area contributed by atoms with Crippen LogP contribution in [0.5, 0.6) is 5.75 Å². The van der Waals surface area contributed by atoms with E-state index in [1.165, 1.54) is 37.7 Å². The summed E-state index contributed by atoms with van der Waals surface area (Å²) in [5.74, 6) is 1.37. The summed E-state index contributed by atoms with van der Waals surface area (Å²) in [4.78, 5) is 12.9. The summed E-state index contributed by atoms with van der Waals surface area (Å²) < 4.78 is 5.57. The SMILES string of the molecule is O=C(COc1ccc(C2CCCCC2)cc1)NCc1cccs1. The fourth-order valence-corrected chi connectivity index (χ4v) is 3.72. The number of carbonyl (C=O) groups excluding carboxylic acids is 1. The molecule has 0 unspecified atom stereocenters. The second-order valence-electron chi connectivity index (χ2n) is 6.05. The lowest BCUT2D eigenvalue weighted by Crippen LogP contribution is -2.28. The molecule has 3 nitrogen and oxygen atoms in total. The first-order valence-corrected chi connectivity index (χ1v) is 9.21. The fourth-order valence-electron chi connectivity index (χ4n) is 3.07. The van der Waals surface area contributed by atoms with Gasteiger partial charge in [-0.1, -0.05) is 37.5 Å². The number of benzene rings is 1. The van der Waals surface area contributed by atoms with Gasteiger partial charge in [-0.3, -0.25) is 4.79 Å². The summed E-state index contributed by atoms with van der Waals surface area (Å²) in [6.07, 6.45) is 6.65. The summed E-state index contributed by atoms with van der Waals surface area (Å²) in [6.45, 7) is 0.634. The zero-order valence-corrected chi connectivity index (χ0v) is 14.1. The first-order valence-electron chi connectivity index (χ1n) is 8.33. The predicted octanol–water partition coefficient (Wildman–Crippen LogP) is 4.49. The quantitative estimate of drug-likeness (QED) is 0.848. The highest BCUT2D eigenvalue weighted by Crippen LogP contribution is 2.33. The molecule has 23 heavy (non-hydrogen) atoms. The van der Waals surface area contributed by atoms with Gasteiger partial charge in [-0.15, -0.1) is 11.3 Å². The van der Waals surface area contributed by atoms with Crippen LogP contribution in [0.1, 0.15) is 48.5 Å². The summed E-state index contributed by atoms with van der Waals surface area (Å²) >= 11 is 1.64. The molecule has 1 aliphatic carbocycles. The second-order valence-corrected chi connectivity index (χ2v) is 7.08. The number of rotatable bonds is 6. The van der Waals surface area contributed by atoms with Crippen LogP contribution in [0.3, 0.4) is 0 Å². The lowest BCUT2D eigenvalue weighted by atomic mass is 9.84. The largest absolute Gasteiger partial charge is 0.484 e. The Kier molecular flexibility index (Phi) is 5.70. The van der Waals surface area contributed by atoms with Gasteiger partial charge in [0, 0.05) is 4.88 Å². The van der Waals surface area contributed by atoms with E-state index in [0.717, 1.165) is 10.6 Å². The fraction of sp³-hybridized carbons (Fsp3) is 0.421. The Labute approximate surface area is 141 Å². The Morgan fingerprint density at radius 3 is 2.61 bits per heavy atom. The maximum atomic E-state index is 11.8. The van der Waals surface area contributed by atoms with E-state index in [9.17, 15) is 4.79 Å². The van der Waals surface area contributed by atoms with Crippen LogP contribution in [-0.4, -0.2) is 12.5 Å². The van der Waals surface area contributed by atoms with Gasteiger partial charge in [-0.25, -0.2) is 0 Å². The second kappa shape index (κ2) is 8.16. The zero-order valence-electron chi connectivity index (χ0n) is 13.3. The molecule has 1 aliphatic rings. The number of ether oxygens (including phenoxy) is 1. The van der Waals surface area contributed by atoms with Gasteiger partial charge in [0.15, 0.2) is 6.61 Å². The van der Waals surface area contributed by atoms with Crippen LogP contribution in [0.4, 0.5) is 0 Å². The minimum absolute atomic E-state index is 0.0636. The average molecular weight is 329 g/mol. The smallest absolute Gasteiger partial charge is 0.258 e. The Morgan fingerprint density at radius 2 is 1.91 bits per heavy atom. The van der Waals surface area contributed by atoms with Gasteiger partial charge in [0.05, 0.1) is 6.54 Å². The zero-order chi connectivity index (χ0) is 15.9. The molecule has 1 N–H and O–H groups in total. The van der Waals surface area contributed by atoms with Crippen molar-refractivity contribution >= 4 is 17.2 Å². The molecule has 0 saturated heterocycles. The molecule has 2 aromatic rings. The highest BCUT2D eigenvalue weighted by atomic mass is 32.1. The normalized spacial score (nSPS) is 15.3. The molecular weight excluding hydrogens is 306 g/mol. The van der Waals surface area contributed by atoms with E-state index in [-0.39, 0.29) is 12.5 Å². The molecule has 1 aromatic carbocycles. The average Bonchev–Trinajstić information content (AvgIpc) is 3.13. The van der Waals surface area contributed by atoms with Crippen molar-refractivity contribution in [2.45, 2.75) is 44.6 Å². The third kappa shape index (κ3) is 4.83. The molecule has 1 fully saturated rings. The summed E-state index contributed by atoms with van der Waals surface area (Å²) in [5.41, 5.74) is 1.40. The lowest BCUT2D eigenvalue weighted by molar-refractivity contribution is -0.123. The van der Waals surface area contributed by atoms with Crippen LogP contribution in [0, 0.1) is 0 Å². The Hall–Kier alpha value is -1.81. The van der Waals surface area contributed by atoms with Crippen molar-refractivity contribution in [1.82, 2.24) is 5.32 Å². The van der Waals surface area contributed by atoms with Crippen LogP contribution in [0.25, 0.3) is 0 Å². The molecule has 1 amide bonds. The van der Waals surface area contributed by atoms with Crippen LogP contribution in [0.15, 0.2) is 41.8 Å². The van der Waals surface area contributed by atoms with E-state index in [4.69, 9.17) is 4.74 Å². The first-order chi connectivity index (χ1) is 11.3. The molecule has 0 spiro atoms. The van der Waals surface area contributed by atoms with E-state index in [1.807, 2.05) is 29.6 Å². The molecule has 0 radical (unpaired) electrons. The number of carbonyl (C=O) groups is 1. The molecule has 0 aliphatic heterocycles. The van der Waals surface area contributed by atoms with Crippen molar-refractivity contribution < 1.29 is 9.53 Å². The van der Waals surface area contributed by atoms with Crippen LogP contribution in [-0.2, 0) is 11.3 Å². The van der Waals surface area contributed by atoms with E-state index in [0.29, 0.717) is 12.5 Å². The number of nitrogens with one attached hydrogen (secondary N) is 1. The van der Waals surface area contributed by atoms with Gasteiger partial charge in [-0.2, -0.15) is 0 Å².